The molecule has 0 spiro atoms. The van der Waals surface area contributed by atoms with Gasteiger partial charge in [0.1, 0.15) is 6.61 Å². The van der Waals surface area contributed by atoms with E-state index in [1.807, 2.05) is 48.5 Å². The first-order valence-corrected chi connectivity index (χ1v) is 12.5. The lowest BCUT2D eigenvalue weighted by Gasteiger charge is -2.28. The Morgan fingerprint density at radius 3 is 2.00 bits per heavy atom. The second-order valence-corrected chi connectivity index (χ2v) is 10.1. The van der Waals surface area contributed by atoms with Crippen LogP contribution >= 0.6 is 0 Å². The molecule has 1 aliphatic carbocycles. The quantitative estimate of drug-likeness (QED) is 0.215. The first kappa shape index (κ1) is 24.5. The first-order chi connectivity index (χ1) is 17.8. The predicted molar refractivity (Wildman–Crippen MR) is 149 cm³/mol. The lowest BCUT2D eigenvalue weighted by atomic mass is 9.82. The molecule has 37 heavy (non-hydrogen) atoms. The molecule has 0 amide bonds. The Balaban J connectivity index is 1.55. The highest BCUT2D eigenvalue weighted by Gasteiger charge is 2.35. The van der Waals surface area contributed by atoms with E-state index in [9.17, 15) is 9.90 Å². The highest BCUT2D eigenvalue weighted by molar-refractivity contribution is 5.87. The highest BCUT2D eigenvalue weighted by Crippen LogP contribution is 2.50. The van der Waals surface area contributed by atoms with Gasteiger partial charge in [0.05, 0.1) is 6.61 Å². The molecular formula is C33H31NO3. The van der Waals surface area contributed by atoms with Crippen molar-refractivity contribution < 1.29 is 14.6 Å². The maximum Gasteiger partial charge on any atom is 0.333 e. The summed E-state index contributed by atoms with van der Waals surface area (Å²) in [7, 11) is 0. The fraction of sp³-hybridized carbons (Fsp3) is 0.182. The highest BCUT2D eigenvalue weighted by atomic mass is 16.5. The summed E-state index contributed by atoms with van der Waals surface area (Å²) in [6.45, 7) is 10.0. The van der Waals surface area contributed by atoms with Crippen LogP contribution in [0.4, 0.5) is 17.1 Å². The van der Waals surface area contributed by atoms with Crippen molar-refractivity contribution in [3.8, 4) is 11.1 Å². The van der Waals surface area contributed by atoms with Gasteiger partial charge in [0, 0.05) is 28.1 Å². The molecule has 0 fully saturated rings. The van der Waals surface area contributed by atoms with Gasteiger partial charge < -0.3 is 14.7 Å². The van der Waals surface area contributed by atoms with Crippen LogP contribution in [0.25, 0.3) is 11.1 Å². The Labute approximate surface area is 218 Å². The predicted octanol–water partition coefficient (Wildman–Crippen LogP) is 7.57. The molecule has 0 aliphatic heterocycles. The standard InChI is InChI=1S/C33H31NO3/c1-22(2)32(36)37-21-24-11-15-26(16-12-24)34(25-13-9-23(20-35)10-14-25)27-17-18-29-28-7-5-6-8-30(28)33(3,4)31(29)19-27/h5-19,35H,1,20-21H2,2-4H3. The van der Waals surface area contributed by atoms with Crippen LogP contribution in [0.2, 0.25) is 0 Å². The van der Waals surface area contributed by atoms with Crippen LogP contribution in [0.15, 0.2) is 103 Å². The molecular weight excluding hydrogens is 458 g/mol. The third kappa shape index (κ3) is 4.56. The second-order valence-electron chi connectivity index (χ2n) is 10.1. The van der Waals surface area contributed by atoms with Crippen molar-refractivity contribution in [3.63, 3.8) is 0 Å². The van der Waals surface area contributed by atoms with Crippen molar-refractivity contribution in [3.05, 3.63) is 125 Å². The molecule has 1 aliphatic rings. The van der Waals surface area contributed by atoms with Crippen molar-refractivity contribution in [2.45, 2.75) is 39.4 Å². The number of aliphatic hydroxyl groups excluding tert-OH is 1. The van der Waals surface area contributed by atoms with E-state index in [0.717, 1.165) is 28.2 Å². The average Bonchev–Trinajstić information content (AvgIpc) is 3.15. The molecule has 0 bridgehead atoms. The van der Waals surface area contributed by atoms with Crippen LogP contribution in [0.5, 0.6) is 0 Å². The molecule has 0 saturated carbocycles. The molecule has 0 radical (unpaired) electrons. The lowest BCUT2D eigenvalue weighted by molar-refractivity contribution is -0.140. The molecule has 4 aromatic carbocycles. The van der Waals surface area contributed by atoms with E-state index in [4.69, 9.17) is 4.74 Å². The van der Waals surface area contributed by atoms with Gasteiger partial charge in [-0.2, -0.15) is 0 Å². The van der Waals surface area contributed by atoms with Crippen LogP contribution in [0.3, 0.4) is 0 Å². The summed E-state index contributed by atoms with van der Waals surface area (Å²) in [5, 5.41) is 9.55. The Morgan fingerprint density at radius 2 is 1.38 bits per heavy atom. The van der Waals surface area contributed by atoms with Crippen LogP contribution in [-0.2, 0) is 28.2 Å². The lowest BCUT2D eigenvalue weighted by Crippen LogP contribution is -2.16. The van der Waals surface area contributed by atoms with Crippen molar-refractivity contribution in [1.82, 2.24) is 0 Å². The maximum atomic E-state index is 11.8. The zero-order valence-electron chi connectivity index (χ0n) is 21.5. The number of hydrogen-bond acceptors (Lipinski definition) is 4. The first-order valence-electron chi connectivity index (χ1n) is 12.5. The zero-order valence-corrected chi connectivity index (χ0v) is 21.5. The summed E-state index contributed by atoms with van der Waals surface area (Å²) < 4.78 is 5.31. The van der Waals surface area contributed by atoms with Gasteiger partial charge in [0.25, 0.3) is 0 Å². The number of benzene rings is 4. The summed E-state index contributed by atoms with van der Waals surface area (Å²) in [4.78, 5) is 14.0. The number of carbonyl (C=O) groups is 1. The molecule has 186 valence electrons. The molecule has 4 heteroatoms. The van der Waals surface area contributed by atoms with E-state index in [-0.39, 0.29) is 18.6 Å². The minimum absolute atomic E-state index is 0.00315. The van der Waals surface area contributed by atoms with Crippen LogP contribution < -0.4 is 4.90 Å². The van der Waals surface area contributed by atoms with Crippen LogP contribution in [0, 0.1) is 0 Å². The third-order valence-electron chi connectivity index (χ3n) is 7.12. The molecule has 4 nitrogen and oxygen atoms in total. The number of esters is 1. The van der Waals surface area contributed by atoms with Crippen molar-refractivity contribution in [2.24, 2.45) is 0 Å². The van der Waals surface area contributed by atoms with Gasteiger partial charge in [-0.15, -0.1) is 0 Å². The monoisotopic (exact) mass is 489 g/mol. The molecule has 1 N–H and O–H groups in total. The van der Waals surface area contributed by atoms with Crippen molar-refractivity contribution in [1.29, 1.82) is 0 Å². The molecule has 0 aromatic heterocycles. The summed E-state index contributed by atoms with van der Waals surface area (Å²) in [5.41, 5.74) is 10.3. The molecule has 5 rings (SSSR count). The number of hydrogen-bond donors (Lipinski definition) is 1. The van der Waals surface area contributed by atoms with Gasteiger partial charge >= 0.3 is 5.97 Å². The SMILES string of the molecule is C=C(C)C(=O)OCc1ccc(N(c2ccc(CO)cc2)c2ccc3c(c2)C(C)(C)c2ccccc2-3)cc1. The van der Waals surface area contributed by atoms with Gasteiger partial charge in [-0.1, -0.05) is 75.0 Å². The number of ether oxygens (including phenoxy) is 1. The summed E-state index contributed by atoms with van der Waals surface area (Å²) >= 11 is 0. The molecule has 4 aromatic rings. The van der Waals surface area contributed by atoms with Gasteiger partial charge in [-0.3, -0.25) is 0 Å². The number of carbonyl (C=O) groups excluding carboxylic acids is 1. The van der Waals surface area contributed by atoms with E-state index < -0.39 is 5.97 Å². The minimum Gasteiger partial charge on any atom is -0.457 e. The second kappa shape index (κ2) is 9.72. The number of anilines is 3. The fourth-order valence-electron chi connectivity index (χ4n) is 5.04. The van der Waals surface area contributed by atoms with Crippen LogP contribution in [-0.4, -0.2) is 11.1 Å². The Bertz CT molecular complexity index is 1470. The van der Waals surface area contributed by atoms with E-state index in [1.54, 1.807) is 6.92 Å². The fourth-order valence-corrected chi connectivity index (χ4v) is 5.04. The smallest absolute Gasteiger partial charge is 0.333 e. The van der Waals surface area contributed by atoms with E-state index in [2.05, 4.69) is 67.8 Å². The van der Waals surface area contributed by atoms with E-state index in [1.165, 1.54) is 22.3 Å². The largest absolute Gasteiger partial charge is 0.457 e. The van der Waals surface area contributed by atoms with Crippen LogP contribution in [0.1, 0.15) is 43.0 Å². The minimum atomic E-state index is -0.392. The van der Waals surface area contributed by atoms with E-state index >= 15 is 0 Å². The normalized spacial score (nSPS) is 13.0. The van der Waals surface area contributed by atoms with E-state index in [0.29, 0.717) is 5.57 Å². The molecule has 0 unspecified atom stereocenters. The topological polar surface area (TPSA) is 49.8 Å². The number of rotatable bonds is 7. The zero-order chi connectivity index (χ0) is 26.2. The summed E-state index contributed by atoms with van der Waals surface area (Å²) in [6.07, 6.45) is 0. The Kier molecular flexibility index (Phi) is 6.45. The Hall–Kier alpha value is -4.15. The average molecular weight is 490 g/mol. The van der Waals surface area contributed by atoms with Gasteiger partial charge in [0.15, 0.2) is 0 Å². The van der Waals surface area contributed by atoms with Gasteiger partial charge in [0.2, 0.25) is 0 Å². The maximum absolute atomic E-state index is 11.8. The Morgan fingerprint density at radius 1 is 0.811 bits per heavy atom. The van der Waals surface area contributed by atoms with Crippen molar-refractivity contribution in [2.75, 3.05) is 4.90 Å². The van der Waals surface area contributed by atoms with Gasteiger partial charge in [-0.05, 0) is 76.7 Å². The summed E-state index contributed by atoms with van der Waals surface area (Å²) in [6, 6.07) is 31.3. The summed E-state index contributed by atoms with van der Waals surface area (Å²) in [5.74, 6) is -0.392. The number of aliphatic hydroxyl groups is 1. The third-order valence-corrected chi connectivity index (χ3v) is 7.12. The van der Waals surface area contributed by atoms with Gasteiger partial charge in [-0.25, -0.2) is 4.79 Å². The molecule has 0 atom stereocenters. The number of nitrogens with zero attached hydrogens (tertiary/aromatic N) is 1. The molecule has 0 saturated heterocycles. The van der Waals surface area contributed by atoms with Crippen molar-refractivity contribution >= 4 is 23.0 Å². The number of fused-ring (bicyclic) bond motifs is 3. The molecule has 0 heterocycles.